The SMILES string of the molecule is CC[C@H](Nc1c(Nc2cccc(C(=O)N(C)C)c2O)c(=O)[nH][nH]c1=O)c1ccc(C)o1. The first-order valence-corrected chi connectivity index (χ1v) is 9.71. The molecule has 1 aromatic carbocycles. The first-order chi connectivity index (χ1) is 14.7. The maximum absolute atomic E-state index is 12.5. The van der Waals surface area contributed by atoms with Crippen LogP contribution in [0.4, 0.5) is 17.1 Å². The average molecular weight is 427 g/mol. The predicted octanol–water partition coefficient (Wildman–Crippen LogP) is 2.68. The van der Waals surface area contributed by atoms with Gasteiger partial charge in [0.15, 0.2) is 5.75 Å². The first kappa shape index (κ1) is 21.8. The summed E-state index contributed by atoms with van der Waals surface area (Å²) in [6.07, 6.45) is 0.580. The van der Waals surface area contributed by atoms with Crippen LogP contribution in [0.1, 0.15) is 41.3 Å². The zero-order chi connectivity index (χ0) is 22.7. The van der Waals surface area contributed by atoms with Gasteiger partial charge in [-0.25, -0.2) is 0 Å². The second-order valence-corrected chi connectivity index (χ2v) is 7.24. The Morgan fingerprint density at radius 1 is 1.13 bits per heavy atom. The van der Waals surface area contributed by atoms with Gasteiger partial charge in [-0.1, -0.05) is 13.0 Å². The quantitative estimate of drug-likeness (QED) is 0.365. The van der Waals surface area contributed by atoms with Crippen molar-refractivity contribution in [3.05, 3.63) is 68.1 Å². The number of rotatable bonds is 7. The van der Waals surface area contributed by atoms with Crippen LogP contribution in [0.25, 0.3) is 0 Å². The highest BCUT2D eigenvalue weighted by molar-refractivity contribution is 5.98. The number of furan rings is 1. The van der Waals surface area contributed by atoms with Gasteiger partial charge in [0.1, 0.15) is 22.9 Å². The number of para-hydroxylation sites is 1. The van der Waals surface area contributed by atoms with Gasteiger partial charge in [-0.3, -0.25) is 24.6 Å². The van der Waals surface area contributed by atoms with Crippen LogP contribution in [-0.4, -0.2) is 40.2 Å². The van der Waals surface area contributed by atoms with E-state index in [1.165, 1.54) is 17.0 Å². The third-order valence-electron chi connectivity index (χ3n) is 4.76. The summed E-state index contributed by atoms with van der Waals surface area (Å²) in [6.45, 7) is 3.72. The molecule has 1 amide bonds. The number of aromatic nitrogens is 2. The molecule has 0 saturated heterocycles. The van der Waals surface area contributed by atoms with E-state index in [-0.39, 0.29) is 34.4 Å². The summed E-state index contributed by atoms with van der Waals surface area (Å²) in [5, 5.41) is 21.0. The van der Waals surface area contributed by atoms with E-state index in [0.717, 1.165) is 5.76 Å². The van der Waals surface area contributed by atoms with Gasteiger partial charge in [0, 0.05) is 14.1 Å². The lowest BCUT2D eigenvalue weighted by Crippen LogP contribution is -2.27. The number of carbonyl (C=O) groups excluding carboxylic acids is 1. The molecule has 0 radical (unpaired) electrons. The molecule has 0 fully saturated rings. The topological polar surface area (TPSA) is 143 Å². The number of aromatic amines is 2. The molecule has 0 spiro atoms. The maximum atomic E-state index is 12.5. The number of benzene rings is 1. The summed E-state index contributed by atoms with van der Waals surface area (Å²) in [5.41, 5.74) is -1.14. The van der Waals surface area contributed by atoms with Crippen LogP contribution in [0.15, 0.2) is 44.3 Å². The summed E-state index contributed by atoms with van der Waals surface area (Å²) in [7, 11) is 3.12. The van der Waals surface area contributed by atoms with Gasteiger partial charge in [-0.05, 0) is 37.6 Å². The van der Waals surface area contributed by atoms with Crippen molar-refractivity contribution >= 4 is 23.0 Å². The Morgan fingerprint density at radius 2 is 1.81 bits per heavy atom. The molecule has 0 unspecified atom stereocenters. The molecular formula is C21H25N5O5. The molecule has 0 aliphatic rings. The third-order valence-corrected chi connectivity index (χ3v) is 4.76. The summed E-state index contributed by atoms with van der Waals surface area (Å²) in [6, 6.07) is 7.77. The molecular weight excluding hydrogens is 402 g/mol. The molecule has 5 N–H and O–H groups in total. The van der Waals surface area contributed by atoms with Crippen molar-refractivity contribution in [2.24, 2.45) is 0 Å². The normalized spacial score (nSPS) is 11.7. The lowest BCUT2D eigenvalue weighted by atomic mass is 10.1. The van der Waals surface area contributed by atoms with Crippen LogP contribution in [-0.2, 0) is 0 Å². The fourth-order valence-corrected chi connectivity index (χ4v) is 3.10. The zero-order valence-corrected chi connectivity index (χ0v) is 17.7. The molecule has 3 aromatic rings. The molecule has 0 saturated carbocycles. The summed E-state index contributed by atoms with van der Waals surface area (Å²) in [5.74, 6) is 0.604. The number of anilines is 3. The van der Waals surface area contributed by atoms with Crippen LogP contribution >= 0.6 is 0 Å². The van der Waals surface area contributed by atoms with Gasteiger partial charge in [-0.2, -0.15) is 0 Å². The van der Waals surface area contributed by atoms with Gasteiger partial charge in [0.05, 0.1) is 17.3 Å². The highest BCUT2D eigenvalue weighted by atomic mass is 16.3. The predicted molar refractivity (Wildman–Crippen MR) is 117 cm³/mol. The molecule has 10 nitrogen and oxygen atoms in total. The van der Waals surface area contributed by atoms with Gasteiger partial charge in [0.2, 0.25) is 0 Å². The second kappa shape index (κ2) is 8.82. The van der Waals surface area contributed by atoms with Crippen LogP contribution in [0.3, 0.4) is 0 Å². The van der Waals surface area contributed by atoms with Crippen molar-refractivity contribution in [3.63, 3.8) is 0 Å². The monoisotopic (exact) mass is 427 g/mol. The number of nitrogens with one attached hydrogen (secondary N) is 4. The Bertz CT molecular complexity index is 1210. The zero-order valence-electron chi connectivity index (χ0n) is 17.7. The molecule has 0 bridgehead atoms. The van der Waals surface area contributed by atoms with E-state index in [0.29, 0.717) is 12.2 Å². The molecule has 0 aliphatic heterocycles. The highest BCUT2D eigenvalue weighted by Gasteiger charge is 2.21. The van der Waals surface area contributed by atoms with E-state index < -0.39 is 17.0 Å². The average Bonchev–Trinajstić information content (AvgIpc) is 3.17. The molecule has 31 heavy (non-hydrogen) atoms. The minimum absolute atomic E-state index is 0.0200. The van der Waals surface area contributed by atoms with E-state index >= 15 is 0 Å². The fraction of sp³-hybridized carbons (Fsp3) is 0.286. The van der Waals surface area contributed by atoms with E-state index in [1.807, 2.05) is 19.9 Å². The van der Waals surface area contributed by atoms with E-state index in [1.54, 1.807) is 26.2 Å². The maximum Gasteiger partial charge on any atom is 0.288 e. The van der Waals surface area contributed by atoms with Crippen molar-refractivity contribution in [2.75, 3.05) is 24.7 Å². The standard InChI is InChI=1S/C21H25N5O5/c1-5-13(15-10-9-11(2)31-15)22-16-17(20(29)25-24-19(16)28)23-14-8-6-7-12(18(14)27)21(30)26(3)4/h6-10,13,27H,5H2,1-4H3,(H2,22,25,29)(H2,23,24,28)/t13-/m0/s1. The summed E-state index contributed by atoms with van der Waals surface area (Å²) < 4.78 is 5.66. The number of hydrogen-bond donors (Lipinski definition) is 5. The number of phenols is 1. The van der Waals surface area contributed by atoms with Crippen molar-refractivity contribution in [1.82, 2.24) is 15.1 Å². The van der Waals surface area contributed by atoms with Crippen LogP contribution in [0, 0.1) is 6.92 Å². The number of H-pyrrole nitrogens is 2. The number of amides is 1. The van der Waals surface area contributed by atoms with Gasteiger partial charge in [0.25, 0.3) is 17.0 Å². The molecule has 10 heteroatoms. The minimum Gasteiger partial charge on any atom is -0.505 e. The third kappa shape index (κ3) is 4.47. The Morgan fingerprint density at radius 3 is 2.39 bits per heavy atom. The van der Waals surface area contributed by atoms with Crippen LogP contribution < -0.4 is 21.8 Å². The van der Waals surface area contributed by atoms with Gasteiger partial charge >= 0.3 is 0 Å². The Labute approximate surface area is 177 Å². The summed E-state index contributed by atoms with van der Waals surface area (Å²) >= 11 is 0. The number of aromatic hydroxyl groups is 1. The van der Waals surface area contributed by atoms with E-state index in [2.05, 4.69) is 20.8 Å². The number of aryl methyl sites for hydroxylation is 1. The fourth-order valence-electron chi connectivity index (χ4n) is 3.10. The van der Waals surface area contributed by atoms with E-state index in [4.69, 9.17) is 4.42 Å². The summed E-state index contributed by atoms with van der Waals surface area (Å²) in [4.78, 5) is 38.7. The Kier molecular flexibility index (Phi) is 6.19. The lowest BCUT2D eigenvalue weighted by molar-refractivity contribution is 0.0824. The van der Waals surface area contributed by atoms with Crippen molar-refractivity contribution in [3.8, 4) is 5.75 Å². The molecule has 2 heterocycles. The van der Waals surface area contributed by atoms with Crippen molar-refractivity contribution in [1.29, 1.82) is 0 Å². The highest BCUT2D eigenvalue weighted by Crippen LogP contribution is 2.32. The number of carbonyl (C=O) groups is 1. The number of nitrogens with zero attached hydrogens (tertiary/aromatic N) is 1. The Hall–Kier alpha value is -3.95. The molecule has 0 aliphatic carbocycles. The molecule has 164 valence electrons. The van der Waals surface area contributed by atoms with Crippen LogP contribution in [0.5, 0.6) is 5.75 Å². The van der Waals surface area contributed by atoms with E-state index in [9.17, 15) is 19.5 Å². The van der Waals surface area contributed by atoms with Gasteiger partial charge < -0.3 is 25.1 Å². The number of phenolic OH excluding ortho intramolecular Hbond substituents is 1. The smallest absolute Gasteiger partial charge is 0.288 e. The molecule has 2 aromatic heterocycles. The second-order valence-electron chi connectivity index (χ2n) is 7.24. The lowest BCUT2D eigenvalue weighted by Gasteiger charge is -2.19. The number of hydrogen-bond acceptors (Lipinski definition) is 7. The first-order valence-electron chi connectivity index (χ1n) is 9.71. The minimum atomic E-state index is -0.615. The Balaban J connectivity index is 2.03. The van der Waals surface area contributed by atoms with Crippen LogP contribution in [0.2, 0.25) is 0 Å². The largest absolute Gasteiger partial charge is 0.505 e. The van der Waals surface area contributed by atoms with Crippen molar-refractivity contribution < 1.29 is 14.3 Å². The molecule has 1 atom stereocenters. The van der Waals surface area contributed by atoms with Gasteiger partial charge in [-0.15, -0.1) is 0 Å². The molecule has 3 rings (SSSR count). The van der Waals surface area contributed by atoms with Crippen molar-refractivity contribution in [2.45, 2.75) is 26.3 Å².